The van der Waals surface area contributed by atoms with E-state index >= 15 is 0 Å². The molecule has 0 amide bonds. The van der Waals surface area contributed by atoms with Gasteiger partial charge in [0.1, 0.15) is 0 Å². The van der Waals surface area contributed by atoms with E-state index in [1.807, 2.05) is 0 Å². The first-order valence-corrected chi connectivity index (χ1v) is 2.17. The maximum absolute atomic E-state index is 9.00. The first kappa shape index (κ1) is 36.0. The second kappa shape index (κ2) is 29.4. The largest absolute Gasteiger partial charge is 1.00 e. The minimum atomic E-state index is -2.33. The Hall–Kier alpha value is 1.01. The Balaban J connectivity index is -0.0000000184. The van der Waals surface area contributed by atoms with Gasteiger partial charge in [0.2, 0.25) is 6.16 Å². The number of rotatable bonds is 0. The van der Waals surface area contributed by atoms with Gasteiger partial charge in [-0.2, -0.15) is 0 Å². The summed E-state index contributed by atoms with van der Waals surface area (Å²) in [5, 5.41) is 39.4. The van der Waals surface area contributed by atoms with E-state index in [4.69, 9.17) is 39.9 Å². The molecule has 0 aromatic rings. The average Bonchev–Trinajstić information content (AvgIpc) is 1.54. The van der Waals surface area contributed by atoms with Crippen LogP contribution >= 0.6 is 0 Å². The van der Waals surface area contributed by atoms with Crippen LogP contribution in [0.1, 0.15) is 6.92 Å². The molecule has 0 heterocycles. The molecule has 0 atom stereocenters. The van der Waals surface area contributed by atoms with Crippen LogP contribution in [-0.4, -0.2) is 28.5 Å². The van der Waals surface area contributed by atoms with Crippen molar-refractivity contribution in [2.24, 2.45) is 0 Å². The van der Waals surface area contributed by atoms with Crippen molar-refractivity contribution < 1.29 is 129 Å². The molecule has 2 N–H and O–H groups in total. The molecular weight excluding hydrogens is 245 g/mol. The number of hydrogen-bond donors (Lipinski definition) is 2. The molecule has 0 aromatic carbocycles. The monoisotopic (exact) mass is 250 g/mol. The molecule has 0 aliphatic rings. The van der Waals surface area contributed by atoms with Gasteiger partial charge in [0.05, 0.1) is 0 Å². The van der Waals surface area contributed by atoms with E-state index in [0.29, 0.717) is 0 Å². The summed E-state index contributed by atoms with van der Waals surface area (Å²) >= 11 is 0. The number of carboxylic acids is 1. The minimum absolute atomic E-state index is 0. The smallest absolute Gasteiger partial charge is 0.652 e. The van der Waals surface area contributed by atoms with E-state index in [1.54, 1.807) is 0 Å². The maximum Gasteiger partial charge on any atom is 1.00 e. The van der Waals surface area contributed by atoms with Gasteiger partial charge in [-0.3, -0.25) is 4.79 Å². The van der Waals surface area contributed by atoms with E-state index in [2.05, 4.69) is 0 Å². The van der Waals surface area contributed by atoms with Gasteiger partial charge in [0, 0.05) is 6.92 Å². The molecule has 0 radical (unpaired) electrons. The molecule has 0 saturated heterocycles. The van der Waals surface area contributed by atoms with E-state index in [-0.39, 0.29) is 88.7 Å². The summed E-state index contributed by atoms with van der Waals surface area (Å²) in [5.41, 5.74) is 0. The summed E-state index contributed by atoms with van der Waals surface area (Å²) in [7, 11) is 0. The molecular formula is C4H5Na3O8. The minimum Gasteiger partial charge on any atom is -0.652 e. The molecule has 72 valence electrons. The zero-order valence-corrected chi connectivity index (χ0v) is 14.8. The molecule has 0 fully saturated rings. The molecule has 15 heavy (non-hydrogen) atoms. The van der Waals surface area contributed by atoms with Crippen molar-refractivity contribution in [1.29, 1.82) is 0 Å². The van der Waals surface area contributed by atoms with Crippen molar-refractivity contribution in [1.82, 2.24) is 0 Å². The molecule has 0 aliphatic heterocycles. The van der Waals surface area contributed by atoms with E-state index < -0.39 is 18.3 Å². The molecule has 8 nitrogen and oxygen atoms in total. The van der Waals surface area contributed by atoms with Crippen molar-refractivity contribution in [2.45, 2.75) is 6.92 Å². The molecule has 0 aromatic heterocycles. The first-order valence-electron chi connectivity index (χ1n) is 2.17. The van der Waals surface area contributed by atoms with Crippen LogP contribution in [0.25, 0.3) is 0 Å². The number of carbonyl (C=O) groups excluding carboxylic acids is 1. The van der Waals surface area contributed by atoms with Gasteiger partial charge >= 0.3 is 88.7 Å². The van der Waals surface area contributed by atoms with E-state index in [1.165, 1.54) is 0 Å². The summed E-state index contributed by atoms with van der Waals surface area (Å²) in [6.45, 7) is 1.08. The molecule has 11 heteroatoms. The van der Waals surface area contributed by atoms with Crippen molar-refractivity contribution in [3.63, 3.8) is 0 Å². The predicted octanol–water partition coefficient (Wildman–Crippen LogP) is -12.5. The van der Waals surface area contributed by atoms with Crippen LogP contribution in [0, 0.1) is 0 Å². The normalized spacial score (nSPS) is 4.87. The van der Waals surface area contributed by atoms with Crippen LogP contribution in [0.3, 0.4) is 0 Å². The Morgan fingerprint density at radius 1 is 0.867 bits per heavy atom. The van der Waals surface area contributed by atoms with Crippen LogP contribution in [0.4, 0.5) is 9.59 Å². The fourth-order valence-corrected chi connectivity index (χ4v) is 0. The maximum atomic E-state index is 9.00. The van der Waals surface area contributed by atoms with Gasteiger partial charge in [0.25, 0.3) is 5.97 Å². The summed E-state index contributed by atoms with van der Waals surface area (Å²) in [6.07, 6.45) is -4.42. The molecule has 0 spiro atoms. The first-order chi connectivity index (χ1) is 5.20. The number of aliphatic carboxylic acids is 1. The van der Waals surface area contributed by atoms with Crippen molar-refractivity contribution in [3.05, 3.63) is 0 Å². The predicted molar refractivity (Wildman–Crippen MR) is 26.7 cm³/mol. The molecule has 0 saturated carbocycles. The average molecular weight is 250 g/mol. The fourth-order valence-electron chi connectivity index (χ4n) is 0. The standard InChI is InChI=1S/C2H4O2.2CH2O3.3Na/c1-2(3)4;2*2-1(3)4;;;/h1H3,(H,3,4);2*(H2,2,3,4);;;/q;;;3*+1/p-3. The third-order valence-corrected chi connectivity index (χ3v) is 0. The van der Waals surface area contributed by atoms with Crippen molar-refractivity contribution in [2.75, 3.05) is 0 Å². The van der Waals surface area contributed by atoms with Gasteiger partial charge in [-0.1, -0.05) is 0 Å². The van der Waals surface area contributed by atoms with Crippen molar-refractivity contribution in [3.8, 4) is 0 Å². The summed E-state index contributed by atoms with van der Waals surface area (Å²) < 4.78 is 0. The Labute approximate surface area is 152 Å². The van der Waals surface area contributed by atoms with Crippen LogP contribution in [0.5, 0.6) is 0 Å². The second-order valence-electron chi connectivity index (χ2n) is 1.03. The molecule has 0 rings (SSSR count). The molecule has 0 unspecified atom stereocenters. The SMILES string of the molecule is CC(=O)O.O=C([O-])O.O=C([O-])[O-].[Na+].[Na+].[Na+]. The van der Waals surface area contributed by atoms with Gasteiger partial charge in [-0.15, -0.1) is 0 Å². The number of carbonyl (C=O) groups is 3. The molecule has 0 aliphatic carbocycles. The fraction of sp³-hybridized carbons (Fsp3) is 0.250. The van der Waals surface area contributed by atoms with Crippen LogP contribution in [0.15, 0.2) is 0 Å². The Morgan fingerprint density at radius 3 is 0.867 bits per heavy atom. The third-order valence-electron chi connectivity index (χ3n) is 0. The summed E-state index contributed by atoms with van der Waals surface area (Å²) in [6, 6.07) is 0. The topological polar surface area (TPSA) is 161 Å². The zero-order chi connectivity index (χ0) is 10.7. The van der Waals surface area contributed by atoms with E-state index in [0.717, 1.165) is 6.92 Å². The van der Waals surface area contributed by atoms with Gasteiger partial charge < -0.3 is 35.1 Å². The number of hydrogen-bond acceptors (Lipinski definition) is 6. The Bertz CT molecular complexity index is 119. The zero-order valence-electron chi connectivity index (χ0n) is 8.84. The van der Waals surface area contributed by atoms with Crippen LogP contribution in [-0.2, 0) is 4.79 Å². The van der Waals surface area contributed by atoms with Gasteiger partial charge in [0.15, 0.2) is 0 Å². The third kappa shape index (κ3) is 2490. The Kier molecular flexibility index (Phi) is 70.6. The van der Waals surface area contributed by atoms with Crippen molar-refractivity contribution >= 4 is 18.3 Å². The van der Waals surface area contributed by atoms with Gasteiger partial charge in [-0.25, -0.2) is 0 Å². The summed E-state index contributed by atoms with van der Waals surface area (Å²) in [4.78, 5) is 25.8. The van der Waals surface area contributed by atoms with Crippen LogP contribution < -0.4 is 104 Å². The second-order valence-corrected chi connectivity index (χ2v) is 1.03. The van der Waals surface area contributed by atoms with Crippen LogP contribution in [0.2, 0.25) is 0 Å². The quantitative estimate of drug-likeness (QED) is 0.400. The molecule has 0 bridgehead atoms. The Morgan fingerprint density at radius 2 is 0.867 bits per heavy atom. The number of carboxylic acid groups (broad SMARTS) is 5. The summed E-state index contributed by atoms with van der Waals surface area (Å²) in [5.74, 6) is -0.833. The van der Waals surface area contributed by atoms with Gasteiger partial charge in [-0.05, 0) is 6.16 Å². The van der Waals surface area contributed by atoms with E-state index in [9.17, 15) is 0 Å².